The van der Waals surface area contributed by atoms with E-state index < -0.39 is 0 Å². The summed E-state index contributed by atoms with van der Waals surface area (Å²) in [5.74, 6) is 0.701. The van der Waals surface area contributed by atoms with Gasteiger partial charge < -0.3 is 10.6 Å². The second-order valence-corrected chi connectivity index (χ2v) is 4.60. The molecule has 0 aliphatic rings. The number of nitrogens with two attached hydrogens (primary N) is 1. The summed E-state index contributed by atoms with van der Waals surface area (Å²) in [5.41, 5.74) is 8.76. The summed E-state index contributed by atoms with van der Waals surface area (Å²) in [7, 11) is 0. The Morgan fingerprint density at radius 3 is 2.68 bits per heavy atom. The van der Waals surface area contributed by atoms with Crippen molar-refractivity contribution in [2.45, 2.75) is 13.8 Å². The molecule has 0 unspecified atom stereocenters. The normalized spacial score (nSPS) is 10.2. The summed E-state index contributed by atoms with van der Waals surface area (Å²) in [6.07, 6.45) is 1.60. The predicted molar refractivity (Wildman–Crippen MR) is 81.8 cm³/mol. The van der Waals surface area contributed by atoms with E-state index in [0.29, 0.717) is 10.8 Å². The van der Waals surface area contributed by atoms with E-state index in [1.54, 1.807) is 12.3 Å². The predicted octanol–water partition coefficient (Wildman–Crippen LogP) is 2.58. The highest BCUT2D eigenvalue weighted by atomic mass is 32.1. The molecule has 1 aromatic heterocycles. The lowest BCUT2D eigenvalue weighted by atomic mass is 10.1. The Balaban J connectivity index is 2.55. The topological polar surface area (TPSA) is 55.0 Å². The summed E-state index contributed by atoms with van der Waals surface area (Å²) in [6, 6.07) is 9.93. The van der Waals surface area contributed by atoms with Gasteiger partial charge in [-0.2, -0.15) is 5.10 Å². The second-order valence-electron chi connectivity index (χ2n) is 4.16. The van der Waals surface area contributed by atoms with Crippen molar-refractivity contribution in [1.82, 2.24) is 10.2 Å². The van der Waals surface area contributed by atoms with Crippen molar-refractivity contribution in [3.05, 3.63) is 47.7 Å². The Bertz CT molecular complexity index is 598. The van der Waals surface area contributed by atoms with Gasteiger partial charge in [-0.3, -0.25) is 0 Å². The van der Waals surface area contributed by atoms with Crippen molar-refractivity contribution in [2.24, 2.45) is 5.73 Å². The first-order valence-electron chi connectivity index (χ1n) is 6.09. The lowest BCUT2D eigenvalue weighted by Gasteiger charge is -2.25. The molecule has 19 heavy (non-hydrogen) atoms. The van der Waals surface area contributed by atoms with Gasteiger partial charge in [0.15, 0.2) is 5.82 Å². The van der Waals surface area contributed by atoms with Crippen molar-refractivity contribution in [3.63, 3.8) is 0 Å². The zero-order chi connectivity index (χ0) is 13.8. The molecule has 0 radical (unpaired) electrons. The van der Waals surface area contributed by atoms with Crippen molar-refractivity contribution >= 4 is 28.7 Å². The van der Waals surface area contributed by atoms with E-state index >= 15 is 0 Å². The van der Waals surface area contributed by atoms with Crippen LogP contribution in [0.4, 0.5) is 11.5 Å². The van der Waals surface area contributed by atoms with Crippen molar-refractivity contribution < 1.29 is 0 Å². The number of aromatic nitrogens is 2. The molecule has 2 N–H and O–H groups in total. The average Bonchev–Trinajstić information content (AvgIpc) is 2.42. The van der Waals surface area contributed by atoms with Crippen LogP contribution in [-0.2, 0) is 0 Å². The number of anilines is 2. The minimum Gasteiger partial charge on any atom is -0.389 e. The first-order valence-corrected chi connectivity index (χ1v) is 6.50. The van der Waals surface area contributed by atoms with Crippen LogP contribution in [0.25, 0.3) is 0 Å². The fourth-order valence-corrected chi connectivity index (χ4v) is 2.18. The van der Waals surface area contributed by atoms with E-state index in [1.807, 2.05) is 12.1 Å². The highest BCUT2D eigenvalue weighted by Crippen LogP contribution is 2.28. The van der Waals surface area contributed by atoms with E-state index in [4.69, 9.17) is 18.0 Å². The Labute approximate surface area is 118 Å². The standard InChI is InChI=1S/C14H16N4S/c1-3-18(12-7-5-4-6-10(12)2)14-11(13(15)19)8-9-16-17-14/h4-9H,3H2,1-2H3,(H2,15,19). The summed E-state index contributed by atoms with van der Waals surface area (Å²) < 4.78 is 0. The lowest BCUT2D eigenvalue weighted by Crippen LogP contribution is -2.23. The maximum Gasteiger partial charge on any atom is 0.165 e. The maximum absolute atomic E-state index is 5.76. The fraction of sp³-hybridized carbons (Fsp3) is 0.214. The molecular formula is C14H16N4S. The highest BCUT2D eigenvalue weighted by Gasteiger charge is 2.16. The minimum atomic E-state index is 0.330. The summed E-state index contributed by atoms with van der Waals surface area (Å²) in [4.78, 5) is 2.40. The summed E-state index contributed by atoms with van der Waals surface area (Å²) in [5, 5.41) is 8.14. The SMILES string of the molecule is CCN(c1ccccc1C)c1nnccc1C(N)=S. The van der Waals surface area contributed by atoms with Crippen LogP contribution in [0, 0.1) is 6.92 Å². The van der Waals surface area contributed by atoms with Crippen LogP contribution in [-0.4, -0.2) is 21.7 Å². The molecule has 0 aliphatic carbocycles. The number of benzene rings is 1. The molecule has 5 heteroatoms. The average molecular weight is 272 g/mol. The highest BCUT2D eigenvalue weighted by molar-refractivity contribution is 7.80. The number of hydrogen-bond donors (Lipinski definition) is 1. The molecular weight excluding hydrogens is 256 g/mol. The third-order valence-corrected chi connectivity index (χ3v) is 3.16. The zero-order valence-corrected chi connectivity index (χ0v) is 11.8. The van der Waals surface area contributed by atoms with Crippen LogP contribution in [0.5, 0.6) is 0 Å². The van der Waals surface area contributed by atoms with Crippen molar-refractivity contribution in [3.8, 4) is 0 Å². The smallest absolute Gasteiger partial charge is 0.165 e. The quantitative estimate of drug-likeness (QED) is 0.867. The fourth-order valence-electron chi connectivity index (χ4n) is 2.02. The molecule has 0 bridgehead atoms. The molecule has 0 fully saturated rings. The number of hydrogen-bond acceptors (Lipinski definition) is 4. The van der Waals surface area contributed by atoms with Gasteiger partial charge in [0.25, 0.3) is 0 Å². The van der Waals surface area contributed by atoms with E-state index in [1.165, 1.54) is 5.56 Å². The number of rotatable bonds is 4. The van der Waals surface area contributed by atoms with E-state index in [-0.39, 0.29) is 0 Å². The van der Waals surface area contributed by atoms with E-state index in [0.717, 1.165) is 17.8 Å². The van der Waals surface area contributed by atoms with Gasteiger partial charge in [0.05, 0.1) is 11.8 Å². The van der Waals surface area contributed by atoms with Gasteiger partial charge in [-0.05, 0) is 31.5 Å². The molecule has 0 spiro atoms. The van der Waals surface area contributed by atoms with Gasteiger partial charge in [0.2, 0.25) is 0 Å². The lowest BCUT2D eigenvalue weighted by molar-refractivity contribution is 0.925. The first kappa shape index (κ1) is 13.4. The largest absolute Gasteiger partial charge is 0.389 e. The minimum absolute atomic E-state index is 0.330. The molecule has 0 amide bonds. The Kier molecular flexibility index (Phi) is 4.06. The molecule has 4 nitrogen and oxygen atoms in total. The Morgan fingerprint density at radius 1 is 1.32 bits per heavy atom. The third-order valence-electron chi connectivity index (χ3n) is 2.94. The van der Waals surface area contributed by atoms with E-state index in [2.05, 4.69) is 41.1 Å². The summed E-state index contributed by atoms with van der Waals surface area (Å²) >= 11 is 5.08. The Morgan fingerprint density at radius 2 is 2.05 bits per heavy atom. The molecule has 0 saturated heterocycles. The monoisotopic (exact) mass is 272 g/mol. The van der Waals surface area contributed by atoms with Crippen LogP contribution in [0.3, 0.4) is 0 Å². The number of thiocarbonyl (C=S) groups is 1. The van der Waals surface area contributed by atoms with Crippen LogP contribution < -0.4 is 10.6 Å². The van der Waals surface area contributed by atoms with Crippen LogP contribution in [0.15, 0.2) is 36.5 Å². The molecule has 2 aromatic rings. The molecule has 0 aliphatic heterocycles. The molecule has 0 saturated carbocycles. The number of nitrogens with zero attached hydrogens (tertiary/aromatic N) is 3. The molecule has 98 valence electrons. The third kappa shape index (κ3) is 2.71. The molecule has 1 heterocycles. The van der Waals surface area contributed by atoms with Gasteiger partial charge in [-0.1, -0.05) is 30.4 Å². The van der Waals surface area contributed by atoms with Crippen LogP contribution >= 0.6 is 12.2 Å². The van der Waals surface area contributed by atoms with Crippen molar-refractivity contribution in [1.29, 1.82) is 0 Å². The van der Waals surface area contributed by atoms with Gasteiger partial charge in [-0.15, -0.1) is 5.10 Å². The van der Waals surface area contributed by atoms with Crippen LogP contribution in [0.2, 0.25) is 0 Å². The maximum atomic E-state index is 5.76. The number of para-hydroxylation sites is 1. The zero-order valence-electron chi connectivity index (χ0n) is 11.0. The van der Waals surface area contributed by atoms with Gasteiger partial charge in [-0.25, -0.2) is 0 Å². The van der Waals surface area contributed by atoms with Gasteiger partial charge in [0, 0.05) is 12.2 Å². The van der Waals surface area contributed by atoms with Crippen LogP contribution in [0.1, 0.15) is 18.1 Å². The Hall–Kier alpha value is -2.01. The second kappa shape index (κ2) is 5.75. The molecule has 0 atom stereocenters. The first-order chi connectivity index (χ1) is 9.15. The van der Waals surface area contributed by atoms with Gasteiger partial charge in [0.1, 0.15) is 4.99 Å². The number of aryl methyl sites for hydroxylation is 1. The molecule has 1 aromatic carbocycles. The van der Waals surface area contributed by atoms with Gasteiger partial charge >= 0.3 is 0 Å². The van der Waals surface area contributed by atoms with E-state index in [9.17, 15) is 0 Å². The summed E-state index contributed by atoms with van der Waals surface area (Å²) in [6.45, 7) is 4.89. The molecule has 2 rings (SSSR count). The van der Waals surface area contributed by atoms with Crippen molar-refractivity contribution in [2.75, 3.05) is 11.4 Å².